The van der Waals surface area contributed by atoms with Crippen molar-refractivity contribution >= 4 is 11.8 Å². The number of hydrogen-bond donors (Lipinski definition) is 1. The maximum absolute atomic E-state index is 13.9. The van der Waals surface area contributed by atoms with Crippen molar-refractivity contribution in [1.82, 2.24) is 5.32 Å². The first kappa shape index (κ1) is 26.1. The highest BCUT2D eigenvalue weighted by molar-refractivity contribution is 6.04. The summed E-state index contributed by atoms with van der Waals surface area (Å²) >= 11 is 0. The second kappa shape index (κ2) is 11.1. The van der Waals surface area contributed by atoms with Gasteiger partial charge in [-0.1, -0.05) is 36.4 Å². The molecule has 200 valence electrons. The molecule has 39 heavy (non-hydrogen) atoms. The smallest absolute Gasteiger partial charge is 0.336 e. The number of rotatable bonds is 7. The monoisotopic (exact) mass is 525 g/mol. The maximum atomic E-state index is 13.9. The zero-order valence-electron chi connectivity index (χ0n) is 22.4. The molecule has 7 heteroatoms. The van der Waals surface area contributed by atoms with E-state index in [1.807, 2.05) is 79.7 Å². The third-order valence-corrected chi connectivity index (χ3v) is 7.28. The number of esters is 1. The molecule has 0 saturated carbocycles. The van der Waals surface area contributed by atoms with Crippen LogP contribution in [0.4, 0.5) is 0 Å². The number of ether oxygens (including phenoxy) is 4. The lowest BCUT2D eigenvalue weighted by Crippen LogP contribution is -2.36. The van der Waals surface area contributed by atoms with E-state index in [0.29, 0.717) is 52.7 Å². The van der Waals surface area contributed by atoms with Gasteiger partial charge in [-0.15, -0.1) is 0 Å². The number of ketones is 1. The van der Waals surface area contributed by atoms with Gasteiger partial charge >= 0.3 is 5.97 Å². The molecule has 1 N–H and O–H groups in total. The Morgan fingerprint density at radius 3 is 2.28 bits per heavy atom. The first-order valence-corrected chi connectivity index (χ1v) is 12.8. The predicted octanol–water partition coefficient (Wildman–Crippen LogP) is 6.03. The van der Waals surface area contributed by atoms with Gasteiger partial charge in [0.25, 0.3) is 0 Å². The number of carbonyl (C=O) groups excluding carboxylic acids is 2. The topological polar surface area (TPSA) is 83.1 Å². The summed E-state index contributed by atoms with van der Waals surface area (Å²) in [7, 11) is 4.55. The lowest BCUT2D eigenvalue weighted by molar-refractivity contribution is -0.136. The molecular formula is C32H31NO6. The third-order valence-electron chi connectivity index (χ3n) is 7.28. The number of dihydropyridines is 1. The van der Waals surface area contributed by atoms with Crippen molar-refractivity contribution in [3.05, 3.63) is 106 Å². The summed E-state index contributed by atoms with van der Waals surface area (Å²) in [4.78, 5) is 26.9. The van der Waals surface area contributed by atoms with E-state index >= 15 is 0 Å². The lowest BCUT2D eigenvalue weighted by Gasteiger charge is -2.36. The SMILES string of the molecule is COC(=O)C1=C(C)NC2=C(C(=O)C[C@H](c3ccc(OC)c(OC)c3)C2)[C@H]1c1cccc(Oc2ccccc2)c1. The maximum Gasteiger partial charge on any atom is 0.336 e. The van der Waals surface area contributed by atoms with E-state index < -0.39 is 11.9 Å². The van der Waals surface area contributed by atoms with E-state index in [1.165, 1.54) is 7.11 Å². The third kappa shape index (κ3) is 5.12. The van der Waals surface area contributed by atoms with Crippen molar-refractivity contribution in [2.75, 3.05) is 21.3 Å². The van der Waals surface area contributed by atoms with Crippen LogP contribution >= 0.6 is 0 Å². The Hall–Kier alpha value is -4.52. The zero-order valence-corrected chi connectivity index (χ0v) is 22.4. The molecule has 3 aromatic rings. The predicted molar refractivity (Wildman–Crippen MR) is 147 cm³/mol. The van der Waals surface area contributed by atoms with Crippen LogP contribution in [0.15, 0.2) is 95.3 Å². The van der Waals surface area contributed by atoms with Gasteiger partial charge in [0.2, 0.25) is 0 Å². The minimum Gasteiger partial charge on any atom is -0.493 e. The Labute approximate surface area is 228 Å². The molecule has 1 heterocycles. The fraction of sp³-hybridized carbons (Fsp3) is 0.250. The van der Waals surface area contributed by atoms with Crippen LogP contribution in [-0.2, 0) is 14.3 Å². The molecule has 1 aliphatic carbocycles. The standard InChI is InChI=1S/C32H31NO6/c1-19-29(32(35)38-4)30(21-9-8-12-24(15-21)39-23-10-6-5-7-11-23)31-25(33-19)16-22(17-26(31)34)20-13-14-27(36-2)28(18-20)37-3/h5-15,18,22,30,33H,16-17H2,1-4H3/t22-,30+/m1/s1. The Balaban J connectivity index is 1.55. The normalized spacial score (nSPS) is 18.7. The van der Waals surface area contributed by atoms with E-state index in [2.05, 4.69) is 5.32 Å². The van der Waals surface area contributed by atoms with Crippen LogP contribution in [0.3, 0.4) is 0 Å². The first-order chi connectivity index (χ1) is 18.9. The number of methoxy groups -OCH3 is 3. The summed E-state index contributed by atoms with van der Waals surface area (Å²) in [6.45, 7) is 1.85. The van der Waals surface area contributed by atoms with Crippen molar-refractivity contribution in [2.45, 2.75) is 31.6 Å². The lowest BCUT2D eigenvalue weighted by atomic mass is 9.71. The second-order valence-corrected chi connectivity index (χ2v) is 9.61. The molecule has 1 aliphatic heterocycles. The molecule has 5 rings (SSSR count). The molecular weight excluding hydrogens is 494 g/mol. The quantitative estimate of drug-likeness (QED) is 0.377. The van der Waals surface area contributed by atoms with Crippen molar-refractivity contribution in [3.63, 3.8) is 0 Å². The highest BCUT2D eigenvalue weighted by Crippen LogP contribution is 2.47. The molecule has 0 unspecified atom stereocenters. The fourth-order valence-electron chi connectivity index (χ4n) is 5.48. The van der Waals surface area contributed by atoms with E-state index in [4.69, 9.17) is 18.9 Å². The fourth-order valence-corrected chi connectivity index (χ4v) is 5.48. The summed E-state index contributed by atoms with van der Waals surface area (Å²) in [5.74, 6) is 1.46. The van der Waals surface area contributed by atoms with Gasteiger partial charge in [-0.3, -0.25) is 4.79 Å². The minimum atomic E-state index is -0.577. The van der Waals surface area contributed by atoms with Gasteiger partial charge in [0.05, 0.1) is 26.9 Å². The van der Waals surface area contributed by atoms with Crippen LogP contribution in [-0.4, -0.2) is 33.1 Å². The molecule has 7 nitrogen and oxygen atoms in total. The molecule has 0 spiro atoms. The van der Waals surface area contributed by atoms with Crippen LogP contribution < -0.4 is 19.5 Å². The van der Waals surface area contributed by atoms with Crippen molar-refractivity contribution in [3.8, 4) is 23.0 Å². The summed E-state index contributed by atoms with van der Waals surface area (Å²) in [5.41, 5.74) is 4.27. The molecule has 0 bridgehead atoms. The zero-order chi connectivity index (χ0) is 27.5. The molecule has 2 atom stereocenters. The summed E-state index contributed by atoms with van der Waals surface area (Å²) in [6.07, 6.45) is 0.916. The molecule has 0 amide bonds. The van der Waals surface area contributed by atoms with E-state index in [-0.39, 0.29) is 11.7 Å². The van der Waals surface area contributed by atoms with E-state index in [1.54, 1.807) is 14.2 Å². The average Bonchev–Trinajstić information content (AvgIpc) is 2.96. The van der Waals surface area contributed by atoms with Crippen LogP contribution in [0, 0.1) is 0 Å². The number of benzene rings is 3. The second-order valence-electron chi connectivity index (χ2n) is 9.61. The number of Topliss-reactive ketones (excluding diaryl/α,β-unsaturated/α-hetero) is 1. The number of allylic oxidation sites excluding steroid dienone is 3. The molecule has 0 fully saturated rings. The summed E-state index contributed by atoms with van der Waals surface area (Å²) < 4.78 is 22.1. The highest BCUT2D eigenvalue weighted by Gasteiger charge is 2.41. The average molecular weight is 526 g/mol. The molecule has 0 saturated heterocycles. The van der Waals surface area contributed by atoms with E-state index in [9.17, 15) is 9.59 Å². The first-order valence-electron chi connectivity index (χ1n) is 12.8. The Morgan fingerprint density at radius 2 is 1.56 bits per heavy atom. The van der Waals surface area contributed by atoms with Gasteiger partial charge < -0.3 is 24.3 Å². The summed E-state index contributed by atoms with van der Waals surface area (Å²) in [5, 5.41) is 3.37. The van der Waals surface area contributed by atoms with Gasteiger partial charge in [-0.2, -0.15) is 0 Å². The summed E-state index contributed by atoms with van der Waals surface area (Å²) in [6, 6.07) is 22.8. The van der Waals surface area contributed by atoms with Crippen molar-refractivity contribution in [1.29, 1.82) is 0 Å². The van der Waals surface area contributed by atoms with Gasteiger partial charge in [0.15, 0.2) is 17.3 Å². The number of hydrogen-bond acceptors (Lipinski definition) is 7. The van der Waals surface area contributed by atoms with Crippen LogP contribution in [0.1, 0.15) is 42.7 Å². The number of nitrogens with one attached hydrogen (secondary N) is 1. The van der Waals surface area contributed by atoms with Crippen molar-refractivity contribution < 1.29 is 28.5 Å². The van der Waals surface area contributed by atoms with Crippen LogP contribution in [0.25, 0.3) is 0 Å². The minimum absolute atomic E-state index is 0.0168. The van der Waals surface area contributed by atoms with Gasteiger partial charge in [-0.05, 0) is 66.8 Å². The Morgan fingerprint density at radius 1 is 0.821 bits per heavy atom. The van der Waals surface area contributed by atoms with Gasteiger partial charge in [0, 0.05) is 29.3 Å². The number of para-hydroxylation sites is 1. The van der Waals surface area contributed by atoms with Crippen molar-refractivity contribution in [2.24, 2.45) is 0 Å². The molecule has 0 aromatic heterocycles. The molecule has 0 radical (unpaired) electrons. The highest BCUT2D eigenvalue weighted by atomic mass is 16.5. The molecule has 2 aliphatic rings. The Bertz CT molecular complexity index is 1470. The van der Waals surface area contributed by atoms with Crippen LogP contribution in [0.2, 0.25) is 0 Å². The number of carbonyl (C=O) groups is 2. The Kier molecular flexibility index (Phi) is 7.41. The largest absolute Gasteiger partial charge is 0.493 e. The van der Waals surface area contributed by atoms with Gasteiger partial charge in [-0.25, -0.2) is 4.79 Å². The van der Waals surface area contributed by atoms with E-state index in [0.717, 1.165) is 16.8 Å². The molecule has 3 aromatic carbocycles. The van der Waals surface area contributed by atoms with Crippen LogP contribution in [0.5, 0.6) is 23.0 Å². The van der Waals surface area contributed by atoms with Gasteiger partial charge in [0.1, 0.15) is 11.5 Å².